The van der Waals surface area contributed by atoms with E-state index >= 15 is 0 Å². The van der Waals surface area contributed by atoms with Crippen molar-refractivity contribution in [2.45, 2.75) is 11.3 Å². The van der Waals surface area contributed by atoms with Gasteiger partial charge in [-0.3, -0.25) is 0 Å². The Kier molecular flexibility index (Phi) is 4.07. The molecule has 2 N–H and O–H groups in total. The standard InChI is InChI=1S/C17H15ClN2O4S/c18-12-1-3-15-14(7-12)11(9-19-15)5-6-20-25(21,22)13-2-4-16-17(8-13)24-10-23-16/h1-4,7-9,19-20H,5-6,10H2. The second-order valence-corrected chi connectivity index (χ2v) is 7.87. The summed E-state index contributed by atoms with van der Waals surface area (Å²) in [6.45, 7) is 0.381. The smallest absolute Gasteiger partial charge is 0.240 e. The molecule has 8 heteroatoms. The van der Waals surface area contributed by atoms with E-state index in [-0.39, 0.29) is 18.2 Å². The number of hydrogen-bond acceptors (Lipinski definition) is 4. The first-order valence-corrected chi connectivity index (χ1v) is 9.54. The van der Waals surface area contributed by atoms with E-state index in [2.05, 4.69) is 9.71 Å². The molecule has 0 unspecified atom stereocenters. The van der Waals surface area contributed by atoms with E-state index < -0.39 is 10.0 Å². The van der Waals surface area contributed by atoms with Crippen LogP contribution in [0.25, 0.3) is 10.9 Å². The Morgan fingerprint density at radius 2 is 1.96 bits per heavy atom. The lowest BCUT2D eigenvalue weighted by atomic mass is 10.1. The number of H-pyrrole nitrogens is 1. The highest BCUT2D eigenvalue weighted by Crippen LogP contribution is 2.33. The van der Waals surface area contributed by atoms with E-state index in [0.717, 1.165) is 16.5 Å². The van der Waals surface area contributed by atoms with Crippen molar-refractivity contribution in [3.63, 3.8) is 0 Å². The van der Waals surface area contributed by atoms with Gasteiger partial charge in [-0.25, -0.2) is 13.1 Å². The van der Waals surface area contributed by atoms with Gasteiger partial charge in [-0.15, -0.1) is 0 Å². The van der Waals surface area contributed by atoms with Crippen molar-refractivity contribution in [2.75, 3.05) is 13.3 Å². The summed E-state index contributed by atoms with van der Waals surface area (Å²) in [6, 6.07) is 10.1. The molecule has 1 aromatic heterocycles. The minimum Gasteiger partial charge on any atom is -0.454 e. The van der Waals surface area contributed by atoms with Crippen molar-refractivity contribution in [3.8, 4) is 11.5 Å². The largest absolute Gasteiger partial charge is 0.454 e. The monoisotopic (exact) mass is 378 g/mol. The molecule has 2 aromatic carbocycles. The molecule has 0 radical (unpaired) electrons. The van der Waals surface area contributed by atoms with E-state index in [4.69, 9.17) is 21.1 Å². The fourth-order valence-electron chi connectivity index (χ4n) is 2.80. The van der Waals surface area contributed by atoms with Gasteiger partial charge in [0.1, 0.15) is 0 Å². The van der Waals surface area contributed by atoms with Gasteiger partial charge in [-0.2, -0.15) is 0 Å². The molecule has 25 heavy (non-hydrogen) atoms. The zero-order chi connectivity index (χ0) is 17.4. The van der Waals surface area contributed by atoms with Crippen LogP contribution in [0.3, 0.4) is 0 Å². The number of benzene rings is 2. The summed E-state index contributed by atoms with van der Waals surface area (Å²) >= 11 is 6.03. The van der Waals surface area contributed by atoms with Gasteiger partial charge >= 0.3 is 0 Å². The SMILES string of the molecule is O=S(=O)(NCCc1c[nH]c2ccc(Cl)cc12)c1ccc2c(c1)OCO2. The molecule has 0 fully saturated rings. The number of hydrogen-bond donors (Lipinski definition) is 2. The minimum absolute atomic E-state index is 0.107. The first-order valence-electron chi connectivity index (χ1n) is 7.68. The molecule has 1 aliphatic heterocycles. The maximum absolute atomic E-state index is 12.4. The third kappa shape index (κ3) is 3.18. The molecule has 0 amide bonds. The van der Waals surface area contributed by atoms with Crippen LogP contribution >= 0.6 is 11.6 Å². The third-order valence-electron chi connectivity index (χ3n) is 4.07. The van der Waals surface area contributed by atoms with Gasteiger partial charge in [0.15, 0.2) is 11.5 Å². The van der Waals surface area contributed by atoms with E-state index in [1.165, 1.54) is 12.1 Å². The summed E-state index contributed by atoms with van der Waals surface area (Å²) in [7, 11) is -3.62. The van der Waals surface area contributed by atoms with E-state index in [0.29, 0.717) is 22.9 Å². The number of aromatic nitrogens is 1. The van der Waals surface area contributed by atoms with Crippen LogP contribution in [-0.2, 0) is 16.4 Å². The van der Waals surface area contributed by atoms with Crippen LogP contribution < -0.4 is 14.2 Å². The van der Waals surface area contributed by atoms with E-state index in [1.54, 1.807) is 6.07 Å². The van der Waals surface area contributed by atoms with Crippen molar-refractivity contribution in [1.82, 2.24) is 9.71 Å². The molecule has 2 heterocycles. The highest BCUT2D eigenvalue weighted by Gasteiger charge is 2.20. The topological polar surface area (TPSA) is 80.4 Å². The molecule has 0 saturated carbocycles. The van der Waals surface area contributed by atoms with Crippen molar-refractivity contribution in [2.24, 2.45) is 0 Å². The van der Waals surface area contributed by atoms with Crippen molar-refractivity contribution in [3.05, 3.63) is 53.2 Å². The Morgan fingerprint density at radius 1 is 1.12 bits per heavy atom. The highest BCUT2D eigenvalue weighted by atomic mass is 35.5. The molecule has 4 rings (SSSR count). The molecule has 3 aromatic rings. The van der Waals surface area contributed by atoms with Gasteiger partial charge in [-0.05, 0) is 42.3 Å². The normalized spacial score (nSPS) is 13.5. The molecule has 0 saturated heterocycles. The Morgan fingerprint density at radius 3 is 2.84 bits per heavy atom. The minimum atomic E-state index is -3.62. The van der Waals surface area contributed by atoms with Gasteiger partial charge in [0.05, 0.1) is 4.90 Å². The van der Waals surface area contributed by atoms with E-state index in [1.807, 2.05) is 24.4 Å². The molecule has 0 bridgehead atoms. The number of nitrogens with one attached hydrogen (secondary N) is 2. The van der Waals surface area contributed by atoms with Gasteiger partial charge in [0.25, 0.3) is 0 Å². The summed E-state index contributed by atoms with van der Waals surface area (Å²) in [6.07, 6.45) is 2.42. The molecule has 6 nitrogen and oxygen atoms in total. The third-order valence-corrected chi connectivity index (χ3v) is 5.76. The Balaban J connectivity index is 1.47. The molecular formula is C17H15ClN2O4S. The van der Waals surface area contributed by atoms with Crippen molar-refractivity contribution >= 4 is 32.5 Å². The van der Waals surface area contributed by atoms with Crippen LogP contribution in [0.2, 0.25) is 5.02 Å². The van der Waals surface area contributed by atoms with Crippen LogP contribution in [0, 0.1) is 0 Å². The quantitative estimate of drug-likeness (QED) is 0.715. The number of fused-ring (bicyclic) bond motifs is 2. The summed E-state index contributed by atoms with van der Waals surface area (Å²) in [5.74, 6) is 0.990. The Labute approximate surface area is 149 Å². The zero-order valence-electron chi connectivity index (χ0n) is 13.1. The molecule has 1 aliphatic rings. The first kappa shape index (κ1) is 16.3. The predicted molar refractivity (Wildman–Crippen MR) is 94.8 cm³/mol. The summed E-state index contributed by atoms with van der Waals surface area (Å²) in [5.41, 5.74) is 1.98. The second kappa shape index (κ2) is 6.25. The van der Waals surface area contributed by atoms with Crippen LogP contribution in [0.1, 0.15) is 5.56 Å². The maximum atomic E-state index is 12.4. The van der Waals surface area contributed by atoms with Crippen molar-refractivity contribution < 1.29 is 17.9 Å². The molecule has 0 spiro atoms. The summed E-state index contributed by atoms with van der Waals surface area (Å²) in [5, 5.41) is 1.64. The number of rotatable bonds is 5. The van der Waals surface area contributed by atoms with Crippen molar-refractivity contribution in [1.29, 1.82) is 0 Å². The fraction of sp³-hybridized carbons (Fsp3) is 0.176. The lowest BCUT2D eigenvalue weighted by Gasteiger charge is -2.07. The average Bonchev–Trinajstić information content (AvgIpc) is 3.21. The fourth-order valence-corrected chi connectivity index (χ4v) is 4.02. The summed E-state index contributed by atoms with van der Waals surface area (Å²) in [4.78, 5) is 3.31. The van der Waals surface area contributed by atoms with Crippen LogP contribution in [0.4, 0.5) is 0 Å². The van der Waals surface area contributed by atoms with Gasteiger partial charge in [-0.1, -0.05) is 11.6 Å². The Hall–Kier alpha value is -2.22. The predicted octanol–water partition coefficient (Wildman–Crippen LogP) is 3.07. The second-order valence-electron chi connectivity index (χ2n) is 5.67. The molecule has 130 valence electrons. The average molecular weight is 379 g/mol. The van der Waals surface area contributed by atoms with Gasteiger partial charge in [0, 0.05) is 34.7 Å². The number of aromatic amines is 1. The molecular weight excluding hydrogens is 364 g/mol. The van der Waals surface area contributed by atoms with Gasteiger partial charge in [0.2, 0.25) is 16.8 Å². The maximum Gasteiger partial charge on any atom is 0.240 e. The Bertz CT molecular complexity index is 1050. The van der Waals surface area contributed by atoms with Crippen LogP contribution in [-0.4, -0.2) is 26.7 Å². The van der Waals surface area contributed by atoms with Crippen LogP contribution in [0.15, 0.2) is 47.5 Å². The zero-order valence-corrected chi connectivity index (χ0v) is 14.7. The summed E-state index contributed by atoms with van der Waals surface area (Å²) < 4.78 is 37.9. The molecule has 0 aliphatic carbocycles. The first-order chi connectivity index (χ1) is 12.0. The van der Waals surface area contributed by atoms with Gasteiger partial charge < -0.3 is 14.5 Å². The molecule has 0 atom stereocenters. The highest BCUT2D eigenvalue weighted by molar-refractivity contribution is 7.89. The van der Waals surface area contributed by atoms with Crippen LogP contribution in [0.5, 0.6) is 11.5 Å². The number of sulfonamides is 1. The lowest BCUT2D eigenvalue weighted by Crippen LogP contribution is -2.25. The number of ether oxygens (including phenoxy) is 2. The van der Waals surface area contributed by atoms with E-state index in [9.17, 15) is 8.42 Å². The lowest BCUT2D eigenvalue weighted by molar-refractivity contribution is 0.174. The number of halogens is 1.